The number of allylic oxidation sites excluding steroid dienone is 1. The van der Waals surface area contributed by atoms with Gasteiger partial charge in [-0.05, 0) is 94.7 Å². The number of alkyl carbamates (subject to hydrolysis) is 1. The van der Waals surface area contributed by atoms with Gasteiger partial charge in [0.1, 0.15) is 40.7 Å². The van der Waals surface area contributed by atoms with E-state index >= 15 is 0 Å². The van der Waals surface area contributed by atoms with Crippen LogP contribution < -0.4 is 29.6 Å². The number of pyridine rings is 1. The summed E-state index contributed by atoms with van der Waals surface area (Å²) in [6.45, 7) is 7.82. The molecule has 2 aliphatic carbocycles. The molecule has 3 N–H and O–H groups in total. The van der Waals surface area contributed by atoms with Crippen LogP contribution in [0.5, 0.6) is 17.4 Å². The minimum Gasteiger partial charge on any atom is -0.493 e. The first-order chi connectivity index (χ1) is 26.9. The van der Waals surface area contributed by atoms with Crippen LogP contribution in [0.2, 0.25) is 0 Å². The van der Waals surface area contributed by atoms with Gasteiger partial charge >= 0.3 is 6.09 Å². The highest BCUT2D eigenvalue weighted by atomic mass is 32.2. The number of methoxy groups -OCH3 is 2. The molecular formula is C40H54FN5O10S. The number of rotatable bonds is 9. The second-order valence-corrected chi connectivity index (χ2v) is 19.1. The molecule has 7 atom stereocenters. The molecule has 6 rings (SSSR count). The van der Waals surface area contributed by atoms with Gasteiger partial charge in [0.05, 0.1) is 20.8 Å². The number of aromatic nitrogens is 1. The van der Waals surface area contributed by atoms with Gasteiger partial charge < -0.3 is 34.5 Å². The van der Waals surface area contributed by atoms with Gasteiger partial charge in [-0.2, -0.15) is 0 Å². The van der Waals surface area contributed by atoms with Crippen molar-refractivity contribution < 1.29 is 50.9 Å². The highest BCUT2D eigenvalue weighted by molar-refractivity contribution is 7.91. The van der Waals surface area contributed by atoms with Crippen LogP contribution in [0.25, 0.3) is 10.8 Å². The molecule has 17 heteroatoms. The highest BCUT2D eigenvalue weighted by Gasteiger charge is 2.64. The Morgan fingerprint density at radius 3 is 2.44 bits per heavy atom. The molecule has 4 amide bonds. The Bertz CT molecular complexity index is 2040. The SMILES string of the molecule is COc1cc2ccnc(O[C@@H]3C[C@H]4C(=O)N[C@]5(C(=O)NS(=O)(=O)C6(CF)CC6)CC5/C=C\CC[C@@H](C)C[C@@H](C)[C@H](NC(=O)OC(C)(C)C)C(=O)N4C3)c2cc1OC. The van der Waals surface area contributed by atoms with Gasteiger partial charge in [-0.3, -0.25) is 19.1 Å². The van der Waals surface area contributed by atoms with Crippen molar-refractivity contribution in [3.05, 3.63) is 36.5 Å². The van der Waals surface area contributed by atoms with E-state index in [-0.39, 0.29) is 49.9 Å². The van der Waals surface area contributed by atoms with Gasteiger partial charge in [0.2, 0.25) is 27.7 Å². The largest absolute Gasteiger partial charge is 0.493 e. The minimum atomic E-state index is -4.40. The van der Waals surface area contributed by atoms with Crippen molar-refractivity contribution in [2.45, 2.75) is 114 Å². The number of amides is 4. The van der Waals surface area contributed by atoms with E-state index in [9.17, 15) is 32.0 Å². The summed E-state index contributed by atoms with van der Waals surface area (Å²) in [5.41, 5.74) is -2.52. The summed E-state index contributed by atoms with van der Waals surface area (Å²) in [6, 6.07) is 2.96. The van der Waals surface area contributed by atoms with Crippen LogP contribution in [0.4, 0.5) is 9.18 Å². The molecule has 1 aromatic heterocycles. The maximum absolute atomic E-state index is 14.8. The molecule has 15 nitrogen and oxygen atoms in total. The van der Waals surface area contributed by atoms with Crippen molar-refractivity contribution in [1.82, 2.24) is 25.2 Å². The second kappa shape index (κ2) is 15.9. The van der Waals surface area contributed by atoms with E-state index in [1.54, 1.807) is 51.2 Å². The quantitative estimate of drug-likeness (QED) is 0.306. The number of nitrogens with one attached hydrogen (secondary N) is 3. The Hall–Kier alpha value is -4.67. The average Bonchev–Trinajstić information content (AvgIpc) is 4.05. The first-order valence-electron chi connectivity index (χ1n) is 19.4. The van der Waals surface area contributed by atoms with Crippen molar-refractivity contribution in [1.29, 1.82) is 0 Å². The van der Waals surface area contributed by atoms with Gasteiger partial charge in [-0.25, -0.2) is 22.6 Å². The van der Waals surface area contributed by atoms with Gasteiger partial charge in [0.25, 0.3) is 5.91 Å². The van der Waals surface area contributed by atoms with E-state index < -0.39 is 80.5 Å². The molecule has 0 spiro atoms. The zero-order chi connectivity index (χ0) is 41.5. The molecule has 0 bridgehead atoms. The highest BCUT2D eigenvalue weighted by Crippen LogP contribution is 2.48. The fourth-order valence-electron chi connectivity index (χ4n) is 7.91. The zero-order valence-electron chi connectivity index (χ0n) is 33.6. The maximum Gasteiger partial charge on any atom is 0.408 e. The van der Waals surface area contributed by atoms with Crippen molar-refractivity contribution in [2.75, 3.05) is 27.4 Å². The number of sulfonamides is 1. The van der Waals surface area contributed by atoms with E-state index in [0.29, 0.717) is 29.7 Å². The Balaban J connectivity index is 1.36. The normalized spacial score (nSPS) is 29.4. The molecule has 2 aromatic rings. The number of benzene rings is 1. The zero-order valence-corrected chi connectivity index (χ0v) is 34.4. The Morgan fingerprint density at radius 2 is 1.79 bits per heavy atom. The smallest absolute Gasteiger partial charge is 0.408 e. The molecule has 1 unspecified atom stereocenters. The van der Waals surface area contributed by atoms with Gasteiger partial charge in [-0.1, -0.05) is 26.0 Å². The Kier molecular flexibility index (Phi) is 11.7. The summed E-state index contributed by atoms with van der Waals surface area (Å²) in [7, 11) is -1.37. The Labute approximate surface area is 332 Å². The number of hydrogen-bond acceptors (Lipinski definition) is 11. The minimum absolute atomic E-state index is 0.0334. The number of fused-ring (bicyclic) bond motifs is 3. The third-order valence-corrected chi connectivity index (χ3v) is 13.6. The first kappa shape index (κ1) is 41.9. The van der Waals surface area contributed by atoms with Crippen LogP contribution in [0.1, 0.15) is 79.6 Å². The summed E-state index contributed by atoms with van der Waals surface area (Å²) in [6.07, 6.45) is 5.80. The van der Waals surface area contributed by atoms with Crippen LogP contribution >= 0.6 is 0 Å². The van der Waals surface area contributed by atoms with Crippen molar-refractivity contribution in [3.8, 4) is 17.4 Å². The number of halogens is 1. The van der Waals surface area contributed by atoms with Crippen molar-refractivity contribution >= 4 is 44.6 Å². The number of hydrogen-bond donors (Lipinski definition) is 3. The fraction of sp³-hybridized carbons (Fsp3) is 0.625. The fourth-order valence-corrected chi connectivity index (χ4v) is 9.34. The van der Waals surface area contributed by atoms with Crippen LogP contribution in [0.15, 0.2) is 36.5 Å². The number of nitrogens with zero attached hydrogens (tertiary/aromatic N) is 2. The number of carbonyl (C=O) groups excluding carboxylic acids is 4. The van der Waals surface area contributed by atoms with Crippen molar-refractivity contribution in [3.63, 3.8) is 0 Å². The third kappa shape index (κ3) is 8.77. The molecule has 0 radical (unpaired) electrons. The summed E-state index contributed by atoms with van der Waals surface area (Å²) in [5, 5.41) is 6.93. The molecule has 4 aliphatic rings. The molecule has 57 heavy (non-hydrogen) atoms. The predicted octanol–water partition coefficient (Wildman–Crippen LogP) is 4.33. The summed E-state index contributed by atoms with van der Waals surface area (Å²) in [5.74, 6) is -1.91. The molecule has 1 aromatic carbocycles. The van der Waals surface area contributed by atoms with Crippen molar-refractivity contribution in [2.24, 2.45) is 17.8 Å². The molecule has 2 aliphatic heterocycles. The van der Waals surface area contributed by atoms with Crippen LogP contribution in [-0.2, 0) is 29.1 Å². The van der Waals surface area contributed by atoms with Crippen LogP contribution in [-0.4, -0.2) is 104 Å². The lowest BCUT2D eigenvalue weighted by molar-refractivity contribution is -0.142. The number of alkyl halides is 1. The van der Waals surface area contributed by atoms with Gasteiger partial charge in [0, 0.05) is 23.9 Å². The second-order valence-electron chi connectivity index (χ2n) is 17.0. The predicted molar refractivity (Wildman–Crippen MR) is 208 cm³/mol. The molecule has 3 fully saturated rings. The molecule has 2 saturated carbocycles. The topological polar surface area (TPSA) is 192 Å². The summed E-state index contributed by atoms with van der Waals surface area (Å²) < 4.78 is 63.7. The van der Waals surface area contributed by atoms with Crippen LogP contribution in [0, 0.1) is 17.8 Å². The van der Waals surface area contributed by atoms with Crippen LogP contribution in [0.3, 0.4) is 0 Å². The molecule has 1 saturated heterocycles. The van der Waals surface area contributed by atoms with Gasteiger partial charge in [-0.15, -0.1) is 0 Å². The first-order valence-corrected chi connectivity index (χ1v) is 20.9. The molecule has 312 valence electrons. The lowest BCUT2D eigenvalue weighted by atomic mass is 9.88. The van der Waals surface area contributed by atoms with E-state index in [0.717, 1.165) is 11.8 Å². The lowest BCUT2D eigenvalue weighted by Crippen LogP contribution is -2.59. The molecule has 3 heterocycles. The average molecular weight is 816 g/mol. The van der Waals surface area contributed by atoms with E-state index in [1.807, 2.05) is 19.9 Å². The Morgan fingerprint density at radius 1 is 1.09 bits per heavy atom. The van der Waals surface area contributed by atoms with E-state index in [1.165, 1.54) is 19.1 Å². The maximum atomic E-state index is 14.8. The standard InChI is InChI=1S/C40H54FN5O10S/c1-23-10-8-9-11-26-20-40(26,36(49)45-57(51,52)39(22-41)13-14-39)44-33(47)29-18-27(55-34-28-19-31(54-7)30(53-6)17-25(28)12-15-42-34)21-46(29)35(48)32(24(2)16-23)43-37(50)56-38(3,4)5/h9,11-12,15,17,19,23-24,26-27,29,32H,8,10,13-14,16,18,20-22H2,1-7H3,(H,43,50)(H,44,47)(H,45,49)/b11-9-/t23-,24-,26?,27-,29+,32+,40-/m1/s1. The monoisotopic (exact) mass is 815 g/mol. The summed E-state index contributed by atoms with van der Waals surface area (Å²) >= 11 is 0. The lowest BCUT2D eigenvalue weighted by Gasteiger charge is -2.33. The summed E-state index contributed by atoms with van der Waals surface area (Å²) in [4.78, 5) is 62.3. The van der Waals surface area contributed by atoms with E-state index in [2.05, 4.69) is 20.3 Å². The number of carbonyl (C=O) groups is 4. The number of ether oxygens (including phenoxy) is 4. The van der Waals surface area contributed by atoms with E-state index in [4.69, 9.17) is 18.9 Å². The molecular weight excluding hydrogens is 762 g/mol. The van der Waals surface area contributed by atoms with Gasteiger partial charge in [0.15, 0.2) is 11.5 Å². The third-order valence-electron chi connectivity index (χ3n) is 11.4.